The van der Waals surface area contributed by atoms with Crippen molar-refractivity contribution >= 4 is 27.5 Å². The first-order valence-corrected chi connectivity index (χ1v) is 5.38. The van der Waals surface area contributed by atoms with Gasteiger partial charge in [0.05, 0.1) is 11.4 Å². The molecule has 0 bridgehead atoms. The van der Waals surface area contributed by atoms with E-state index < -0.39 is 0 Å². The van der Waals surface area contributed by atoms with E-state index in [1.165, 1.54) is 0 Å². The highest BCUT2D eigenvalue weighted by molar-refractivity contribution is 8.77. The highest BCUT2D eigenvalue weighted by Crippen LogP contribution is 2.32. The van der Waals surface area contributed by atoms with Gasteiger partial charge in [0, 0.05) is 22.6 Å². The molecule has 1 aliphatic rings. The number of hydrogen-bond acceptors (Lipinski definition) is 4. The molecule has 56 valence electrons. The van der Waals surface area contributed by atoms with Gasteiger partial charge in [-0.25, -0.2) is 0 Å². The largest absolute Gasteiger partial charge is 0.318 e. The summed E-state index contributed by atoms with van der Waals surface area (Å²) in [5.41, 5.74) is 2.10. The van der Waals surface area contributed by atoms with Crippen molar-refractivity contribution in [3.63, 3.8) is 0 Å². The minimum Gasteiger partial charge on any atom is -0.318 e. The number of rotatable bonds is 1. The number of pyridine rings is 1. The average Bonchev–Trinajstić information content (AvgIpc) is 2.58. The lowest BCUT2D eigenvalue weighted by Crippen LogP contribution is -1.97. The zero-order valence-electron chi connectivity index (χ0n) is 5.65. The van der Waals surface area contributed by atoms with Crippen molar-refractivity contribution in [2.75, 3.05) is 0 Å². The monoisotopic (exact) mass is 182 g/mol. The molecule has 0 unspecified atom stereocenters. The third kappa shape index (κ3) is 1.52. The molecule has 0 saturated carbocycles. The second kappa shape index (κ2) is 3.19. The lowest BCUT2D eigenvalue weighted by molar-refractivity contribution is 1.24. The minimum atomic E-state index is 1.00. The molecule has 0 aromatic carbocycles. The number of hydrogen-bond donors (Lipinski definition) is 1. The summed E-state index contributed by atoms with van der Waals surface area (Å²) < 4.78 is 3.15. The number of aromatic nitrogens is 1. The van der Waals surface area contributed by atoms with E-state index >= 15 is 0 Å². The van der Waals surface area contributed by atoms with Crippen molar-refractivity contribution in [1.29, 1.82) is 0 Å². The van der Waals surface area contributed by atoms with Gasteiger partial charge in [0.15, 0.2) is 0 Å². The molecule has 1 aliphatic heterocycles. The Bertz CT molecular complexity index is 271. The third-order valence-electron chi connectivity index (χ3n) is 1.31. The zero-order valence-corrected chi connectivity index (χ0v) is 7.28. The van der Waals surface area contributed by atoms with E-state index in [9.17, 15) is 0 Å². The molecule has 0 atom stereocenters. The predicted molar refractivity (Wildman–Crippen MR) is 50.5 cm³/mol. The molecule has 1 aromatic heterocycles. The van der Waals surface area contributed by atoms with Crippen molar-refractivity contribution in [2.24, 2.45) is 0 Å². The van der Waals surface area contributed by atoms with Gasteiger partial charge in [-0.1, -0.05) is 6.07 Å². The first kappa shape index (κ1) is 7.06. The van der Waals surface area contributed by atoms with Crippen LogP contribution in [0.1, 0.15) is 5.69 Å². The molecule has 2 heterocycles. The first-order valence-electron chi connectivity index (χ1n) is 3.17. The normalized spacial score (nSPS) is 15.8. The van der Waals surface area contributed by atoms with Crippen LogP contribution in [0.2, 0.25) is 0 Å². The van der Waals surface area contributed by atoms with Crippen molar-refractivity contribution < 1.29 is 0 Å². The predicted octanol–water partition coefficient (Wildman–Crippen LogP) is 2.28. The van der Waals surface area contributed by atoms with Gasteiger partial charge in [0.25, 0.3) is 0 Å². The summed E-state index contributed by atoms with van der Waals surface area (Å²) in [5.74, 6) is 0. The van der Waals surface area contributed by atoms with Crippen molar-refractivity contribution in [3.05, 3.63) is 35.5 Å². The quantitative estimate of drug-likeness (QED) is 0.532. The zero-order chi connectivity index (χ0) is 7.52. The molecule has 11 heavy (non-hydrogen) atoms. The maximum absolute atomic E-state index is 4.20. The van der Waals surface area contributed by atoms with E-state index in [1.807, 2.05) is 18.2 Å². The second-order valence-electron chi connectivity index (χ2n) is 2.03. The Morgan fingerprint density at radius 2 is 2.36 bits per heavy atom. The van der Waals surface area contributed by atoms with E-state index in [2.05, 4.69) is 15.1 Å². The fourth-order valence-corrected chi connectivity index (χ4v) is 2.35. The van der Waals surface area contributed by atoms with Crippen molar-refractivity contribution in [1.82, 2.24) is 9.71 Å². The van der Waals surface area contributed by atoms with Crippen LogP contribution in [0.15, 0.2) is 29.8 Å². The van der Waals surface area contributed by atoms with Crippen LogP contribution in [0.3, 0.4) is 0 Å². The topological polar surface area (TPSA) is 24.9 Å². The van der Waals surface area contributed by atoms with Gasteiger partial charge < -0.3 is 4.72 Å². The molecule has 0 saturated heterocycles. The standard InChI is InChI=1S/C7H6N2S2/c1-2-4-8-6(3-1)7-5-10-11-9-7/h1-5,9H. The third-order valence-corrected chi connectivity index (χ3v) is 2.87. The highest BCUT2D eigenvalue weighted by Gasteiger charge is 2.06. The van der Waals surface area contributed by atoms with Gasteiger partial charge in [-0.3, -0.25) is 4.98 Å². The van der Waals surface area contributed by atoms with Crippen LogP contribution in [0.4, 0.5) is 0 Å². The fourth-order valence-electron chi connectivity index (χ4n) is 0.800. The molecule has 4 heteroatoms. The van der Waals surface area contributed by atoms with Crippen molar-refractivity contribution in [2.45, 2.75) is 0 Å². The van der Waals surface area contributed by atoms with Gasteiger partial charge in [-0.2, -0.15) is 0 Å². The van der Waals surface area contributed by atoms with E-state index in [-0.39, 0.29) is 0 Å². The maximum Gasteiger partial charge on any atom is 0.0875 e. The van der Waals surface area contributed by atoms with E-state index in [4.69, 9.17) is 0 Å². The maximum atomic E-state index is 4.20. The van der Waals surface area contributed by atoms with Crippen LogP contribution < -0.4 is 4.72 Å². The summed E-state index contributed by atoms with van der Waals surface area (Å²) in [6.07, 6.45) is 1.80. The molecular weight excluding hydrogens is 176 g/mol. The summed E-state index contributed by atoms with van der Waals surface area (Å²) in [4.78, 5) is 4.20. The van der Waals surface area contributed by atoms with E-state index in [1.54, 1.807) is 28.0 Å². The molecule has 1 N–H and O–H groups in total. The smallest absolute Gasteiger partial charge is 0.0875 e. The first-order chi connectivity index (χ1) is 5.47. The molecule has 0 fully saturated rings. The van der Waals surface area contributed by atoms with E-state index in [0.29, 0.717) is 0 Å². The van der Waals surface area contributed by atoms with Gasteiger partial charge in [-0.15, -0.1) is 0 Å². The summed E-state index contributed by atoms with van der Waals surface area (Å²) in [7, 11) is 3.29. The van der Waals surface area contributed by atoms with Crippen LogP contribution in [-0.2, 0) is 0 Å². The molecule has 0 aliphatic carbocycles. The molecule has 2 rings (SSSR count). The fraction of sp³-hybridized carbons (Fsp3) is 0. The van der Waals surface area contributed by atoms with Gasteiger partial charge in [-0.05, 0) is 22.9 Å². The Balaban J connectivity index is 2.29. The Morgan fingerprint density at radius 3 is 3.00 bits per heavy atom. The van der Waals surface area contributed by atoms with Gasteiger partial charge in [0.2, 0.25) is 0 Å². The molecular formula is C7H6N2S2. The number of nitrogens with zero attached hydrogens (tertiary/aromatic N) is 1. The van der Waals surface area contributed by atoms with Crippen LogP contribution in [0, 0.1) is 0 Å². The molecule has 2 nitrogen and oxygen atoms in total. The lowest BCUT2D eigenvalue weighted by atomic mass is 10.3. The summed E-state index contributed by atoms with van der Waals surface area (Å²) >= 11 is 0. The second-order valence-corrected chi connectivity index (χ2v) is 3.90. The summed E-state index contributed by atoms with van der Waals surface area (Å²) in [6.45, 7) is 0. The van der Waals surface area contributed by atoms with E-state index in [0.717, 1.165) is 11.4 Å². The highest BCUT2D eigenvalue weighted by atomic mass is 33.1. The van der Waals surface area contributed by atoms with Crippen LogP contribution in [-0.4, -0.2) is 4.98 Å². The van der Waals surface area contributed by atoms with Crippen molar-refractivity contribution in [3.8, 4) is 0 Å². The van der Waals surface area contributed by atoms with Gasteiger partial charge >= 0.3 is 0 Å². The Labute approximate surface area is 73.0 Å². The van der Waals surface area contributed by atoms with Crippen LogP contribution in [0.5, 0.6) is 0 Å². The molecule has 0 amide bonds. The van der Waals surface area contributed by atoms with Crippen LogP contribution in [0.25, 0.3) is 5.70 Å². The Kier molecular flexibility index (Phi) is 2.05. The number of nitrogens with one attached hydrogen (secondary N) is 1. The summed E-state index contributed by atoms with van der Waals surface area (Å²) in [6, 6.07) is 5.89. The Hall–Kier alpha value is -0.610. The average molecular weight is 182 g/mol. The SMILES string of the molecule is C1=C(c2ccccn2)NSS1. The lowest BCUT2D eigenvalue weighted by Gasteiger charge is -1.98. The van der Waals surface area contributed by atoms with Crippen LogP contribution >= 0.6 is 21.8 Å². The molecule has 0 radical (unpaired) electrons. The Morgan fingerprint density at radius 1 is 1.36 bits per heavy atom. The molecule has 1 aromatic rings. The minimum absolute atomic E-state index is 1.00. The summed E-state index contributed by atoms with van der Waals surface area (Å²) in [5, 5.41) is 2.06. The molecule has 0 spiro atoms. The van der Waals surface area contributed by atoms with Gasteiger partial charge in [0.1, 0.15) is 0 Å².